The van der Waals surface area contributed by atoms with Crippen LogP contribution in [0.1, 0.15) is 20.9 Å². The number of thiophene rings is 1. The first kappa shape index (κ1) is 17.7. The van der Waals surface area contributed by atoms with Gasteiger partial charge >= 0.3 is 5.97 Å². The molecule has 0 aromatic carbocycles. The topological polar surface area (TPSA) is 73.7 Å². The van der Waals surface area contributed by atoms with Gasteiger partial charge in [-0.2, -0.15) is 0 Å². The van der Waals surface area contributed by atoms with Crippen LogP contribution in [-0.2, 0) is 29.1 Å². The molecule has 0 radical (unpaired) electrons. The van der Waals surface area contributed by atoms with Crippen molar-refractivity contribution in [1.82, 2.24) is 14.8 Å². The van der Waals surface area contributed by atoms with E-state index in [9.17, 15) is 9.59 Å². The fourth-order valence-electron chi connectivity index (χ4n) is 3.79. The van der Waals surface area contributed by atoms with Crippen molar-refractivity contribution >= 4 is 41.1 Å². The largest absolute Gasteiger partial charge is 0.477 e. The molecule has 2 aromatic rings. The van der Waals surface area contributed by atoms with E-state index in [4.69, 9.17) is 5.11 Å². The Bertz CT molecular complexity index is 1030. The van der Waals surface area contributed by atoms with Crippen LogP contribution in [-0.4, -0.2) is 43.7 Å². The first-order valence-electron chi connectivity index (χ1n) is 8.97. The van der Waals surface area contributed by atoms with E-state index in [1.54, 1.807) is 22.9 Å². The van der Waals surface area contributed by atoms with Crippen molar-refractivity contribution in [3.8, 4) is 0 Å². The van der Waals surface area contributed by atoms with Crippen LogP contribution in [0.5, 0.6) is 0 Å². The molecule has 0 unspecified atom stereocenters. The first-order chi connectivity index (χ1) is 13.6. The molecule has 8 heteroatoms. The van der Waals surface area contributed by atoms with Gasteiger partial charge in [0.1, 0.15) is 11.1 Å². The third-order valence-electron chi connectivity index (χ3n) is 5.15. The molecule has 1 fully saturated rings. The van der Waals surface area contributed by atoms with E-state index in [1.807, 2.05) is 18.3 Å². The third kappa shape index (κ3) is 2.97. The Labute approximate surface area is 170 Å². The molecule has 28 heavy (non-hydrogen) atoms. The lowest BCUT2D eigenvalue weighted by Crippen LogP contribution is -2.51. The van der Waals surface area contributed by atoms with Crippen LogP contribution in [0.15, 0.2) is 47.3 Å². The molecule has 5 heterocycles. The molecule has 1 saturated heterocycles. The maximum atomic E-state index is 12.4. The summed E-state index contributed by atoms with van der Waals surface area (Å²) < 4.78 is 0. The van der Waals surface area contributed by atoms with Gasteiger partial charge in [0.25, 0.3) is 5.91 Å². The number of thioether (sulfide) groups is 1. The number of amides is 1. The lowest BCUT2D eigenvalue weighted by atomic mass is 10.0. The minimum Gasteiger partial charge on any atom is -0.477 e. The number of aromatic nitrogens is 1. The van der Waals surface area contributed by atoms with E-state index in [1.165, 1.54) is 32.7 Å². The number of pyridine rings is 1. The molecule has 1 N–H and O–H groups in total. The molecule has 0 aliphatic carbocycles. The van der Waals surface area contributed by atoms with Gasteiger partial charge < -0.3 is 5.11 Å². The van der Waals surface area contributed by atoms with E-state index in [-0.39, 0.29) is 17.0 Å². The van der Waals surface area contributed by atoms with Gasteiger partial charge in [-0.1, -0.05) is 6.07 Å². The zero-order valence-corrected chi connectivity index (χ0v) is 16.5. The lowest BCUT2D eigenvalue weighted by Gasteiger charge is -2.37. The molecule has 3 aliphatic heterocycles. The summed E-state index contributed by atoms with van der Waals surface area (Å²) >= 11 is 3.12. The summed E-state index contributed by atoms with van der Waals surface area (Å²) in [6.07, 6.45) is 6.64. The molecular weight excluding hydrogens is 394 g/mol. The number of fused-ring (bicyclic) bond motifs is 2. The van der Waals surface area contributed by atoms with Crippen molar-refractivity contribution in [2.45, 2.75) is 24.9 Å². The second-order valence-electron chi connectivity index (χ2n) is 6.99. The molecule has 1 atom stereocenters. The van der Waals surface area contributed by atoms with Crippen LogP contribution in [0.4, 0.5) is 0 Å². The van der Waals surface area contributed by atoms with E-state index in [0.29, 0.717) is 5.57 Å². The average molecular weight is 412 g/mol. The Kier molecular flexibility index (Phi) is 4.34. The fourth-order valence-corrected chi connectivity index (χ4v) is 6.03. The minimum absolute atomic E-state index is 0.0775. The van der Waals surface area contributed by atoms with Gasteiger partial charge in [0.15, 0.2) is 0 Å². The maximum absolute atomic E-state index is 12.4. The summed E-state index contributed by atoms with van der Waals surface area (Å²) in [6.45, 7) is 2.79. The van der Waals surface area contributed by atoms with Crippen LogP contribution >= 0.6 is 23.1 Å². The molecule has 3 aliphatic rings. The van der Waals surface area contributed by atoms with Crippen LogP contribution in [0, 0.1) is 0 Å². The Morgan fingerprint density at radius 2 is 2.32 bits per heavy atom. The highest BCUT2D eigenvalue weighted by Gasteiger charge is 2.49. The van der Waals surface area contributed by atoms with Gasteiger partial charge in [-0.3, -0.25) is 19.6 Å². The Morgan fingerprint density at radius 1 is 1.43 bits per heavy atom. The molecule has 1 amide bonds. The Morgan fingerprint density at radius 3 is 3.11 bits per heavy atom. The van der Waals surface area contributed by atoms with Crippen molar-refractivity contribution in [1.29, 1.82) is 0 Å². The van der Waals surface area contributed by atoms with Crippen molar-refractivity contribution in [2.24, 2.45) is 0 Å². The highest BCUT2D eigenvalue weighted by atomic mass is 32.2. The monoisotopic (exact) mass is 411 g/mol. The quantitative estimate of drug-likeness (QED) is 0.616. The predicted octanol–water partition coefficient (Wildman–Crippen LogP) is 2.93. The summed E-state index contributed by atoms with van der Waals surface area (Å²) in [5.41, 5.74) is 3.29. The molecule has 5 rings (SSSR count). The van der Waals surface area contributed by atoms with Crippen molar-refractivity contribution < 1.29 is 14.7 Å². The van der Waals surface area contributed by atoms with Crippen molar-refractivity contribution in [3.05, 3.63) is 68.2 Å². The van der Waals surface area contributed by atoms with Gasteiger partial charge in [-0.25, -0.2) is 4.79 Å². The number of hydrogen-bond acceptors (Lipinski definition) is 6. The second kappa shape index (κ2) is 6.88. The highest BCUT2D eigenvalue weighted by molar-refractivity contribution is 8.03. The number of rotatable bonds is 4. The van der Waals surface area contributed by atoms with Gasteiger partial charge in [-0.05, 0) is 35.8 Å². The van der Waals surface area contributed by atoms with E-state index >= 15 is 0 Å². The molecule has 142 valence electrons. The zero-order chi connectivity index (χ0) is 19.3. The van der Waals surface area contributed by atoms with Gasteiger partial charge in [0, 0.05) is 47.2 Å². The van der Waals surface area contributed by atoms with Crippen LogP contribution in [0.3, 0.4) is 0 Å². The number of aliphatic carboxylic acids is 1. The standard InChI is InChI=1S/C20H17N3O3S2/c24-18-15(19-23(18)16(11-27-19)20(25)26)7-14-6-13-10-22(5-3-17(13)28-14)9-12-2-1-4-21-8-12/h1-2,4,6-8,11,19H,3,5,9-10H2,(H,25,26)/b15-7-/t19-/m1/s1. The highest BCUT2D eigenvalue weighted by Crippen LogP contribution is 2.45. The number of nitrogens with zero attached hydrogens (tertiary/aromatic N) is 3. The smallest absolute Gasteiger partial charge is 0.353 e. The zero-order valence-electron chi connectivity index (χ0n) is 14.9. The number of carboxylic acids is 1. The van der Waals surface area contributed by atoms with E-state index < -0.39 is 5.97 Å². The summed E-state index contributed by atoms with van der Waals surface area (Å²) in [7, 11) is 0. The van der Waals surface area contributed by atoms with E-state index in [2.05, 4.69) is 22.0 Å². The predicted molar refractivity (Wildman–Crippen MR) is 108 cm³/mol. The normalized spacial score (nSPS) is 22.6. The third-order valence-corrected chi connectivity index (χ3v) is 7.41. The Balaban J connectivity index is 1.30. The first-order valence-corrected chi connectivity index (χ1v) is 10.7. The Hall–Kier alpha value is -2.42. The molecule has 0 spiro atoms. The molecule has 6 nitrogen and oxygen atoms in total. The molecular formula is C20H17N3O3S2. The average Bonchev–Trinajstić information content (AvgIpc) is 3.28. The SMILES string of the molecule is O=C(O)C1=CS[C@@H]2/C(=C\c3cc4c(s3)CCN(Cc3cccnc3)C4)C(=O)N12. The minimum atomic E-state index is -1.05. The molecule has 0 saturated carbocycles. The lowest BCUT2D eigenvalue weighted by molar-refractivity contribution is -0.141. The van der Waals surface area contributed by atoms with Gasteiger partial charge in [0.2, 0.25) is 0 Å². The molecule has 0 bridgehead atoms. The van der Waals surface area contributed by atoms with Crippen molar-refractivity contribution in [3.63, 3.8) is 0 Å². The second-order valence-corrected chi connectivity index (χ2v) is 9.11. The maximum Gasteiger partial charge on any atom is 0.353 e. The van der Waals surface area contributed by atoms with Crippen LogP contribution in [0.2, 0.25) is 0 Å². The van der Waals surface area contributed by atoms with Crippen LogP contribution in [0.25, 0.3) is 6.08 Å². The summed E-state index contributed by atoms with van der Waals surface area (Å²) in [5, 5.41) is 10.5. The summed E-state index contributed by atoms with van der Waals surface area (Å²) in [4.78, 5) is 34.0. The number of carbonyl (C=O) groups excluding carboxylic acids is 1. The number of β-lactam (4-membered cyclic amide) rings is 1. The number of carbonyl (C=O) groups is 2. The number of hydrogen-bond donors (Lipinski definition) is 1. The summed E-state index contributed by atoms with van der Waals surface area (Å²) in [5.74, 6) is -1.25. The van der Waals surface area contributed by atoms with Crippen molar-refractivity contribution in [2.75, 3.05) is 6.54 Å². The van der Waals surface area contributed by atoms with Gasteiger partial charge in [-0.15, -0.1) is 23.1 Å². The summed E-state index contributed by atoms with van der Waals surface area (Å²) in [6, 6.07) is 6.23. The van der Waals surface area contributed by atoms with E-state index in [0.717, 1.165) is 30.9 Å². The van der Waals surface area contributed by atoms with Gasteiger partial charge in [0.05, 0.1) is 5.57 Å². The molecule has 2 aromatic heterocycles. The number of carboxylic acid groups (broad SMARTS) is 1. The van der Waals surface area contributed by atoms with Crippen LogP contribution < -0.4 is 0 Å². The fraction of sp³-hybridized carbons (Fsp3) is 0.250.